The van der Waals surface area contributed by atoms with E-state index in [1.165, 1.54) is 6.42 Å². The number of nitrogens with zero attached hydrogens (tertiary/aromatic N) is 5. The van der Waals surface area contributed by atoms with Crippen LogP contribution in [0, 0.1) is 5.92 Å². The Hall–Kier alpha value is -2.42. The van der Waals surface area contributed by atoms with Gasteiger partial charge in [0, 0.05) is 35.4 Å². The zero-order valence-electron chi connectivity index (χ0n) is 18.1. The summed E-state index contributed by atoms with van der Waals surface area (Å²) < 4.78 is 43.1. The highest BCUT2D eigenvalue weighted by atomic mass is 19.4. The van der Waals surface area contributed by atoms with Crippen LogP contribution < -0.4 is 0 Å². The summed E-state index contributed by atoms with van der Waals surface area (Å²) in [6, 6.07) is 2.54. The summed E-state index contributed by atoms with van der Waals surface area (Å²) in [6.45, 7) is 1.16. The minimum Gasteiger partial charge on any atom is -0.393 e. The van der Waals surface area contributed by atoms with E-state index in [1.807, 2.05) is 17.1 Å². The van der Waals surface area contributed by atoms with Crippen molar-refractivity contribution in [2.24, 2.45) is 5.92 Å². The molecule has 2 aliphatic carbocycles. The molecule has 2 saturated carbocycles. The Morgan fingerprint density at radius 2 is 1.88 bits per heavy atom. The molecule has 6 nitrogen and oxygen atoms in total. The zero-order valence-corrected chi connectivity index (χ0v) is 18.1. The summed E-state index contributed by atoms with van der Waals surface area (Å²) in [5.41, 5.74) is 3.67. The molecule has 0 radical (unpaired) electrons. The number of rotatable bonds is 5. The van der Waals surface area contributed by atoms with E-state index in [4.69, 9.17) is 0 Å². The number of hydrogen-bond donors (Lipinski definition) is 1. The number of hydrogen-bond acceptors (Lipinski definition) is 4. The van der Waals surface area contributed by atoms with Crippen LogP contribution in [-0.2, 0) is 6.42 Å². The first-order chi connectivity index (χ1) is 15.3. The van der Waals surface area contributed by atoms with E-state index in [-0.39, 0.29) is 24.3 Å². The molecule has 0 aliphatic heterocycles. The largest absolute Gasteiger partial charge is 0.393 e. The highest BCUT2D eigenvalue weighted by Crippen LogP contribution is 2.38. The van der Waals surface area contributed by atoms with Crippen LogP contribution in [0.25, 0.3) is 16.6 Å². The number of fused-ring (bicyclic) bond motifs is 1. The van der Waals surface area contributed by atoms with Crippen LogP contribution in [0.3, 0.4) is 0 Å². The first-order valence-electron chi connectivity index (χ1n) is 11.5. The molecule has 172 valence electrons. The fraction of sp³-hybridized carbons (Fsp3) is 0.609. The van der Waals surface area contributed by atoms with Gasteiger partial charge in [0.2, 0.25) is 0 Å². The Balaban J connectivity index is 1.54. The maximum atomic E-state index is 13.1. The molecular weight excluding hydrogens is 419 g/mol. The van der Waals surface area contributed by atoms with Crippen molar-refractivity contribution in [3.05, 3.63) is 36.2 Å². The van der Waals surface area contributed by atoms with E-state index < -0.39 is 12.1 Å². The molecular formula is C23H28F3N5O. The molecule has 32 heavy (non-hydrogen) atoms. The Kier molecular flexibility index (Phi) is 5.47. The highest BCUT2D eigenvalue weighted by Gasteiger charge is 2.36. The fourth-order valence-electron chi connectivity index (χ4n) is 4.75. The average molecular weight is 448 g/mol. The van der Waals surface area contributed by atoms with Gasteiger partial charge in [-0.2, -0.15) is 23.4 Å². The number of alkyl halides is 3. The molecule has 0 unspecified atom stereocenters. The van der Waals surface area contributed by atoms with E-state index >= 15 is 0 Å². The Bertz CT molecular complexity index is 1090. The van der Waals surface area contributed by atoms with E-state index in [1.54, 1.807) is 10.7 Å². The minimum absolute atomic E-state index is 0.187. The molecule has 0 spiro atoms. The Morgan fingerprint density at radius 3 is 2.53 bits per heavy atom. The zero-order chi connectivity index (χ0) is 22.5. The van der Waals surface area contributed by atoms with Crippen molar-refractivity contribution in [3.63, 3.8) is 0 Å². The topological polar surface area (TPSA) is 68.2 Å². The van der Waals surface area contributed by atoms with Gasteiger partial charge >= 0.3 is 6.18 Å². The van der Waals surface area contributed by atoms with Gasteiger partial charge in [-0.25, -0.2) is 9.50 Å². The van der Waals surface area contributed by atoms with E-state index in [9.17, 15) is 18.3 Å². The number of aromatic nitrogens is 5. The SMILES string of the molecule is C[C@@H](Cc1ncc2c(-c3cnn(C4CCC4)c3)cc(C3CCC(O)CC3)n2n1)C(F)(F)F. The second-order valence-corrected chi connectivity index (χ2v) is 9.40. The molecule has 3 heterocycles. The third-order valence-corrected chi connectivity index (χ3v) is 7.12. The van der Waals surface area contributed by atoms with Crippen LogP contribution in [0.5, 0.6) is 0 Å². The van der Waals surface area contributed by atoms with Gasteiger partial charge in [0.1, 0.15) is 5.82 Å². The summed E-state index contributed by atoms with van der Waals surface area (Å²) in [5.74, 6) is -1.13. The molecule has 0 saturated heterocycles. The van der Waals surface area contributed by atoms with Crippen molar-refractivity contribution in [2.75, 3.05) is 0 Å². The van der Waals surface area contributed by atoms with E-state index in [0.29, 0.717) is 6.04 Å². The Labute approximate surface area is 184 Å². The monoisotopic (exact) mass is 447 g/mol. The lowest BCUT2D eigenvalue weighted by atomic mass is 9.85. The van der Waals surface area contributed by atoms with Gasteiger partial charge in [-0.3, -0.25) is 4.68 Å². The van der Waals surface area contributed by atoms with Crippen LogP contribution >= 0.6 is 0 Å². The fourth-order valence-corrected chi connectivity index (χ4v) is 4.75. The summed E-state index contributed by atoms with van der Waals surface area (Å²) >= 11 is 0. The molecule has 2 aliphatic rings. The average Bonchev–Trinajstić information content (AvgIpc) is 3.31. The lowest BCUT2D eigenvalue weighted by molar-refractivity contribution is -0.169. The Morgan fingerprint density at radius 1 is 1.12 bits per heavy atom. The van der Waals surface area contributed by atoms with Gasteiger partial charge < -0.3 is 5.11 Å². The van der Waals surface area contributed by atoms with Crippen LogP contribution in [0.15, 0.2) is 24.7 Å². The third-order valence-electron chi connectivity index (χ3n) is 7.12. The van der Waals surface area contributed by atoms with Crippen LogP contribution in [0.2, 0.25) is 0 Å². The first-order valence-corrected chi connectivity index (χ1v) is 11.5. The van der Waals surface area contributed by atoms with Gasteiger partial charge in [0.25, 0.3) is 0 Å². The predicted molar refractivity (Wildman–Crippen MR) is 113 cm³/mol. The summed E-state index contributed by atoms with van der Waals surface area (Å²) in [4.78, 5) is 4.29. The number of halogens is 3. The highest BCUT2D eigenvalue weighted by molar-refractivity contribution is 5.80. The van der Waals surface area contributed by atoms with Gasteiger partial charge in [0.05, 0.1) is 36.0 Å². The van der Waals surface area contributed by atoms with Crippen LogP contribution in [0.1, 0.15) is 75.3 Å². The van der Waals surface area contributed by atoms with Crippen molar-refractivity contribution in [1.82, 2.24) is 24.4 Å². The van der Waals surface area contributed by atoms with Crippen molar-refractivity contribution in [1.29, 1.82) is 0 Å². The molecule has 3 aromatic heterocycles. The van der Waals surface area contributed by atoms with Crippen molar-refractivity contribution < 1.29 is 18.3 Å². The van der Waals surface area contributed by atoms with Crippen molar-refractivity contribution >= 4 is 5.52 Å². The molecule has 5 rings (SSSR count). The van der Waals surface area contributed by atoms with Crippen molar-refractivity contribution in [2.45, 2.75) is 82.5 Å². The summed E-state index contributed by atoms with van der Waals surface area (Å²) in [5, 5.41) is 19.0. The van der Waals surface area contributed by atoms with E-state index in [2.05, 4.69) is 21.2 Å². The molecule has 9 heteroatoms. The number of aliphatic hydroxyl groups is 1. The normalized spacial score (nSPS) is 23.4. The van der Waals surface area contributed by atoms with Gasteiger partial charge in [0.15, 0.2) is 0 Å². The quantitative estimate of drug-likeness (QED) is 0.593. The lowest BCUT2D eigenvalue weighted by Crippen LogP contribution is -2.23. The molecule has 0 aromatic carbocycles. The maximum Gasteiger partial charge on any atom is 0.391 e. The molecule has 0 amide bonds. The van der Waals surface area contributed by atoms with Crippen LogP contribution in [0.4, 0.5) is 13.2 Å². The second-order valence-electron chi connectivity index (χ2n) is 9.40. The van der Waals surface area contributed by atoms with Crippen LogP contribution in [-0.4, -0.2) is 41.8 Å². The molecule has 1 atom stereocenters. The van der Waals surface area contributed by atoms with E-state index in [0.717, 1.165) is 67.8 Å². The summed E-state index contributed by atoms with van der Waals surface area (Å²) in [7, 11) is 0. The minimum atomic E-state index is -4.28. The third kappa shape index (κ3) is 4.02. The lowest BCUT2D eigenvalue weighted by Gasteiger charge is -2.25. The first kappa shape index (κ1) is 21.4. The standard InChI is InChI=1S/C23H28F3N5O/c1-14(23(24,25)26)9-22-27-12-21-19(16-11-28-30(13-16)17-3-2-4-17)10-20(31(21)29-22)15-5-7-18(32)8-6-15/h10-15,17-18,32H,2-9H2,1H3/t14-,15?,18?/m0/s1. The smallest absolute Gasteiger partial charge is 0.391 e. The summed E-state index contributed by atoms with van der Waals surface area (Å²) in [6.07, 6.45) is 7.31. The van der Waals surface area contributed by atoms with Gasteiger partial charge in [-0.05, 0) is 51.0 Å². The molecule has 1 N–H and O–H groups in total. The second kappa shape index (κ2) is 8.17. The number of aliphatic hydroxyl groups excluding tert-OH is 1. The van der Waals surface area contributed by atoms with Gasteiger partial charge in [-0.1, -0.05) is 6.92 Å². The molecule has 3 aromatic rings. The maximum absolute atomic E-state index is 13.1. The predicted octanol–water partition coefficient (Wildman–Crippen LogP) is 5.08. The van der Waals surface area contributed by atoms with Crippen molar-refractivity contribution in [3.8, 4) is 11.1 Å². The van der Waals surface area contributed by atoms with Gasteiger partial charge in [-0.15, -0.1) is 0 Å². The molecule has 0 bridgehead atoms. The molecule has 2 fully saturated rings.